The van der Waals surface area contributed by atoms with Gasteiger partial charge in [-0.15, -0.1) is 0 Å². The molecule has 0 aliphatic carbocycles. The fraction of sp³-hybridized carbons (Fsp3) is 0.263. The number of hydrogen-bond acceptors (Lipinski definition) is 2. The number of aromatic nitrogens is 4. The summed E-state index contributed by atoms with van der Waals surface area (Å²) in [5.74, 6) is 2.05. The molecule has 4 rings (SSSR count). The zero-order valence-electron chi connectivity index (χ0n) is 13.7. The van der Waals surface area contributed by atoms with Crippen molar-refractivity contribution in [2.45, 2.75) is 26.7 Å². The molecule has 23 heavy (non-hydrogen) atoms. The van der Waals surface area contributed by atoms with Crippen LogP contribution in [0.25, 0.3) is 33.5 Å². The highest BCUT2D eigenvalue weighted by molar-refractivity contribution is 5.86. The van der Waals surface area contributed by atoms with Crippen molar-refractivity contribution >= 4 is 22.1 Å². The molecular weight excluding hydrogens is 284 g/mol. The number of fused-ring (bicyclic) bond motifs is 2. The fourth-order valence-corrected chi connectivity index (χ4v) is 3.20. The molecule has 0 radical (unpaired) electrons. The molecule has 4 nitrogen and oxygen atoms in total. The minimum Gasteiger partial charge on any atom is -0.342 e. The number of rotatable bonds is 3. The Kier molecular flexibility index (Phi) is 3.18. The lowest BCUT2D eigenvalue weighted by molar-refractivity contribution is 0.861. The second-order valence-electron chi connectivity index (χ2n) is 6.10. The SMILES string of the molecule is CCCc1nc2cc(-c3nc4ccccc4n3C)c(C)cc2[nH]1. The summed E-state index contributed by atoms with van der Waals surface area (Å²) in [7, 11) is 2.07. The molecule has 0 aliphatic heterocycles. The van der Waals surface area contributed by atoms with Crippen LogP contribution in [-0.2, 0) is 13.5 Å². The minimum absolute atomic E-state index is 0.981. The molecular formula is C19H20N4. The van der Waals surface area contributed by atoms with E-state index < -0.39 is 0 Å². The number of aromatic amines is 1. The van der Waals surface area contributed by atoms with Crippen molar-refractivity contribution in [2.24, 2.45) is 7.05 Å². The summed E-state index contributed by atoms with van der Waals surface area (Å²) in [5, 5.41) is 0. The molecule has 0 saturated heterocycles. The van der Waals surface area contributed by atoms with E-state index in [4.69, 9.17) is 9.97 Å². The molecule has 0 saturated carbocycles. The molecule has 2 aromatic heterocycles. The first-order chi connectivity index (χ1) is 11.2. The molecule has 0 unspecified atom stereocenters. The number of benzene rings is 2. The van der Waals surface area contributed by atoms with Crippen LogP contribution < -0.4 is 0 Å². The van der Waals surface area contributed by atoms with Crippen LogP contribution in [0.1, 0.15) is 24.7 Å². The van der Waals surface area contributed by atoms with E-state index >= 15 is 0 Å². The second kappa shape index (κ2) is 5.23. The first-order valence-electron chi connectivity index (χ1n) is 8.08. The molecule has 0 bridgehead atoms. The molecule has 0 aliphatic rings. The zero-order valence-corrected chi connectivity index (χ0v) is 13.7. The standard InChI is InChI=1S/C19H20N4/c1-4-7-18-20-15-10-12(2)13(11-16(15)21-18)19-22-14-8-5-6-9-17(14)23(19)3/h5-6,8-11H,4,7H2,1-3H3,(H,20,21). The number of nitrogens with one attached hydrogen (secondary N) is 1. The Morgan fingerprint density at radius 1 is 1.09 bits per heavy atom. The van der Waals surface area contributed by atoms with Gasteiger partial charge in [-0.05, 0) is 43.2 Å². The Balaban J connectivity index is 1.92. The third-order valence-electron chi connectivity index (χ3n) is 4.39. The van der Waals surface area contributed by atoms with Crippen LogP contribution >= 0.6 is 0 Å². The van der Waals surface area contributed by atoms with Gasteiger partial charge in [-0.2, -0.15) is 0 Å². The Labute approximate surface area is 135 Å². The van der Waals surface area contributed by atoms with Crippen LogP contribution in [0.3, 0.4) is 0 Å². The quantitative estimate of drug-likeness (QED) is 0.610. The van der Waals surface area contributed by atoms with Crippen LogP contribution in [0.4, 0.5) is 0 Å². The molecule has 0 fully saturated rings. The smallest absolute Gasteiger partial charge is 0.141 e. The zero-order chi connectivity index (χ0) is 16.0. The first kappa shape index (κ1) is 14.0. The highest BCUT2D eigenvalue weighted by atomic mass is 15.1. The lowest BCUT2D eigenvalue weighted by Gasteiger charge is -2.06. The lowest BCUT2D eigenvalue weighted by Crippen LogP contribution is -1.94. The largest absolute Gasteiger partial charge is 0.342 e. The highest BCUT2D eigenvalue weighted by Crippen LogP contribution is 2.29. The predicted molar refractivity (Wildman–Crippen MR) is 94.5 cm³/mol. The Morgan fingerprint density at radius 2 is 1.91 bits per heavy atom. The first-order valence-corrected chi connectivity index (χ1v) is 8.08. The molecule has 4 aromatic rings. The van der Waals surface area contributed by atoms with Gasteiger partial charge in [0.15, 0.2) is 0 Å². The van der Waals surface area contributed by atoms with E-state index in [9.17, 15) is 0 Å². The topological polar surface area (TPSA) is 46.5 Å². The van der Waals surface area contributed by atoms with Gasteiger partial charge in [-0.25, -0.2) is 9.97 Å². The van der Waals surface area contributed by atoms with E-state index in [1.165, 1.54) is 5.56 Å². The van der Waals surface area contributed by atoms with E-state index in [2.05, 4.69) is 60.8 Å². The summed E-state index contributed by atoms with van der Waals surface area (Å²) >= 11 is 0. The van der Waals surface area contributed by atoms with Crippen LogP contribution in [-0.4, -0.2) is 19.5 Å². The molecule has 0 amide bonds. The Hall–Kier alpha value is -2.62. The maximum atomic E-state index is 4.82. The molecule has 116 valence electrons. The lowest BCUT2D eigenvalue weighted by atomic mass is 10.1. The number of nitrogens with zero attached hydrogens (tertiary/aromatic N) is 3. The molecule has 0 atom stereocenters. The minimum atomic E-state index is 0.981. The van der Waals surface area contributed by atoms with Crippen molar-refractivity contribution in [1.82, 2.24) is 19.5 Å². The van der Waals surface area contributed by atoms with E-state index in [1.54, 1.807) is 0 Å². The van der Waals surface area contributed by atoms with Crippen LogP contribution in [0.5, 0.6) is 0 Å². The monoisotopic (exact) mass is 304 g/mol. The average Bonchev–Trinajstić information content (AvgIpc) is 3.08. The third-order valence-corrected chi connectivity index (χ3v) is 4.39. The van der Waals surface area contributed by atoms with Gasteiger partial charge >= 0.3 is 0 Å². The van der Waals surface area contributed by atoms with Crippen molar-refractivity contribution in [3.05, 3.63) is 47.8 Å². The van der Waals surface area contributed by atoms with Crippen molar-refractivity contribution in [2.75, 3.05) is 0 Å². The van der Waals surface area contributed by atoms with E-state index in [-0.39, 0.29) is 0 Å². The normalized spacial score (nSPS) is 11.6. The summed E-state index contributed by atoms with van der Waals surface area (Å²) in [4.78, 5) is 13.0. The highest BCUT2D eigenvalue weighted by Gasteiger charge is 2.14. The number of para-hydroxylation sites is 2. The predicted octanol–water partition coefficient (Wildman–Crippen LogP) is 4.38. The Morgan fingerprint density at radius 3 is 2.70 bits per heavy atom. The maximum absolute atomic E-state index is 4.82. The summed E-state index contributed by atoms with van der Waals surface area (Å²) in [5.41, 5.74) is 6.65. The van der Waals surface area contributed by atoms with Gasteiger partial charge in [-0.3, -0.25) is 0 Å². The average molecular weight is 304 g/mol. The van der Waals surface area contributed by atoms with Gasteiger partial charge < -0.3 is 9.55 Å². The molecule has 1 N–H and O–H groups in total. The van der Waals surface area contributed by atoms with E-state index in [0.29, 0.717) is 0 Å². The van der Waals surface area contributed by atoms with Crippen LogP contribution in [0.2, 0.25) is 0 Å². The van der Waals surface area contributed by atoms with Crippen molar-refractivity contribution < 1.29 is 0 Å². The third kappa shape index (κ3) is 2.22. The van der Waals surface area contributed by atoms with Gasteiger partial charge in [0.2, 0.25) is 0 Å². The van der Waals surface area contributed by atoms with Crippen molar-refractivity contribution in [3.8, 4) is 11.4 Å². The summed E-state index contributed by atoms with van der Waals surface area (Å²) in [6.07, 6.45) is 2.08. The summed E-state index contributed by atoms with van der Waals surface area (Å²) in [6, 6.07) is 12.6. The summed E-state index contributed by atoms with van der Waals surface area (Å²) in [6.45, 7) is 4.30. The maximum Gasteiger partial charge on any atom is 0.141 e. The van der Waals surface area contributed by atoms with Gasteiger partial charge in [0, 0.05) is 19.0 Å². The molecule has 2 heterocycles. The number of H-pyrrole nitrogens is 1. The van der Waals surface area contributed by atoms with Gasteiger partial charge in [-0.1, -0.05) is 19.1 Å². The van der Waals surface area contributed by atoms with E-state index in [1.807, 2.05) is 6.07 Å². The van der Waals surface area contributed by atoms with Crippen LogP contribution in [0, 0.1) is 6.92 Å². The number of aryl methyl sites for hydroxylation is 3. The van der Waals surface area contributed by atoms with Gasteiger partial charge in [0.25, 0.3) is 0 Å². The van der Waals surface area contributed by atoms with Crippen molar-refractivity contribution in [3.63, 3.8) is 0 Å². The Bertz CT molecular complexity index is 1010. The van der Waals surface area contributed by atoms with Gasteiger partial charge in [0.1, 0.15) is 11.6 Å². The van der Waals surface area contributed by atoms with E-state index in [0.717, 1.165) is 52.1 Å². The second-order valence-corrected chi connectivity index (χ2v) is 6.10. The van der Waals surface area contributed by atoms with Crippen molar-refractivity contribution in [1.29, 1.82) is 0 Å². The number of imidazole rings is 2. The number of hydrogen-bond donors (Lipinski definition) is 1. The molecule has 4 heteroatoms. The fourth-order valence-electron chi connectivity index (χ4n) is 3.20. The van der Waals surface area contributed by atoms with Gasteiger partial charge in [0.05, 0.1) is 22.1 Å². The molecule has 0 spiro atoms. The molecule has 2 aromatic carbocycles. The van der Waals surface area contributed by atoms with Crippen LogP contribution in [0.15, 0.2) is 36.4 Å². The summed E-state index contributed by atoms with van der Waals surface area (Å²) < 4.78 is 2.16.